The maximum absolute atomic E-state index is 13.0. The van der Waals surface area contributed by atoms with Gasteiger partial charge in [0.1, 0.15) is 16.9 Å². The van der Waals surface area contributed by atoms with Crippen LogP contribution in [0.4, 0.5) is 0 Å². The zero-order valence-electron chi connectivity index (χ0n) is 15.8. The number of hydrogen-bond acceptors (Lipinski definition) is 7. The molecule has 0 aliphatic rings. The molecule has 144 valence electrons. The van der Waals surface area contributed by atoms with Crippen LogP contribution in [-0.2, 0) is 0 Å². The van der Waals surface area contributed by atoms with Gasteiger partial charge in [0.2, 0.25) is 5.75 Å². The molecule has 7 nitrogen and oxygen atoms in total. The van der Waals surface area contributed by atoms with Gasteiger partial charge in [-0.15, -0.1) is 0 Å². The van der Waals surface area contributed by atoms with E-state index in [1.54, 1.807) is 38.5 Å². The monoisotopic (exact) mass is 382 g/mol. The SMILES string of the molecule is COc1ccc(-c2cc(=O)c3c(OC)c4ccoc4c(OC)c3o2)cc1OC. The Hall–Kier alpha value is -3.61. The Balaban J connectivity index is 2.06. The molecule has 0 radical (unpaired) electrons. The van der Waals surface area contributed by atoms with Gasteiger partial charge in [-0.05, 0) is 24.3 Å². The summed E-state index contributed by atoms with van der Waals surface area (Å²) in [6, 6.07) is 8.39. The van der Waals surface area contributed by atoms with Crippen molar-refractivity contribution in [2.45, 2.75) is 0 Å². The zero-order chi connectivity index (χ0) is 19.8. The van der Waals surface area contributed by atoms with Gasteiger partial charge in [0, 0.05) is 11.6 Å². The van der Waals surface area contributed by atoms with Crippen molar-refractivity contribution in [2.75, 3.05) is 28.4 Å². The number of benzene rings is 2. The van der Waals surface area contributed by atoms with E-state index in [4.69, 9.17) is 27.8 Å². The van der Waals surface area contributed by atoms with E-state index in [0.29, 0.717) is 45.3 Å². The van der Waals surface area contributed by atoms with Gasteiger partial charge in [0.05, 0.1) is 40.1 Å². The average Bonchev–Trinajstić information content (AvgIpc) is 3.20. The van der Waals surface area contributed by atoms with Crippen LogP contribution in [0.1, 0.15) is 0 Å². The second-order valence-electron chi connectivity index (χ2n) is 5.98. The van der Waals surface area contributed by atoms with E-state index in [0.717, 1.165) is 0 Å². The van der Waals surface area contributed by atoms with Gasteiger partial charge in [-0.25, -0.2) is 0 Å². The van der Waals surface area contributed by atoms with Gasteiger partial charge < -0.3 is 27.8 Å². The second-order valence-corrected chi connectivity index (χ2v) is 5.98. The van der Waals surface area contributed by atoms with Gasteiger partial charge in [0.15, 0.2) is 28.1 Å². The highest BCUT2D eigenvalue weighted by Crippen LogP contribution is 2.43. The van der Waals surface area contributed by atoms with Gasteiger partial charge >= 0.3 is 0 Å². The third-order valence-electron chi connectivity index (χ3n) is 4.57. The maximum atomic E-state index is 13.0. The lowest BCUT2D eigenvalue weighted by atomic mass is 10.1. The molecule has 0 bridgehead atoms. The molecule has 28 heavy (non-hydrogen) atoms. The molecule has 0 unspecified atom stereocenters. The predicted molar refractivity (Wildman–Crippen MR) is 104 cm³/mol. The van der Waals surface area contributed by atoms with Crippen LogP contribution in [0, 0.1) is 0 Å². The standard InChI is InChI=1S/C21H18O7/c1-23-14-6-5-11(9-16(14)24-2)15-10-13(22)17-18(25-3)12-7-8-27-19(12)21(26-4)20(17)28-15/h5-10H,1-4H3. The van der Waals surface area contributed by atoms with E-state index in [-0.39, 0.29) is 16.4 Å². The quantitative estimate of drug-likeness (QED) is 0.511. The molecule has 0 fully saturated rings. The van der Waals surface area contributed by atoms with Crippen LogP contribution in [0.3, 0.4) is 0 Å². The van der Waals surface area contributed by atoms with Gasteiger partial charge in [-0.3, -0.25) is 4.79 Å². The summed E-state index contributed by atoms with van der Waals surface area (Å²) < 4.78 is 33.2. The molecule has 2 aromatic carbocycles. The summed E-state index contributed by atoms with van der Waals surface area (Å²) in [7, 11) is 6.08. The van der Waals surface area contributed by atoms with E-state index >= 15 is 0 Å². The van der Waals surface area contributed by atoms with E-state index in [2.05, 4.69) is 0 Å². The summed E-state index contributed by atoms with van der Waals surface area (Å²) in [5.74, 6) is 2.16. The molecule has 0 spiro atoms. The van der Waals surface area contributed by atoms with Crippen LogP contribution >= 0.6 is 0 Å². The second kappa shape index (κ2) is 6.84. The molecular formula is C21H18O7. The number of hydrogen-bond donors (Lipinski definition) is 0. The molecule has 0 atom stereocenters. The summed E-state index contributed by atoms with van der Waals surface area (Å²) in [5.41, 5.74) is 1.08. The Morgan fingerprint density at radius 1 is 0.786 bits per heavy atom. The Morgan fingerprint density at radius 2 is 1.54 bits per heavy atom. The Labute approximate surface area is 160 Å². The van der Waals surface area contributed by atoms with Crippen molar-refractivity contribution < 1.29 is 27.8 Å². The van der Waals surface area contributed by atoms with Crippen molar-refractivity contribution in [2.24, 2.45) is 0 Å². The Kier molecular flexibility index (Phi) is 4.35. The minimum Gasteiger partial charge on any atom is -0.495 e. The molecule has 0 saturated heterocycles. The van der Waals surface area contributed by atoms with Gasteiger partial charge in [-0.1, -0.05) is 0 Å². The molecule has 0 aliphatic heterocycles. The number of methoxy groups -OCH3 is 4. The van der Waals surface area contributed by atoms with Crippen molar-refractivity contribution in [3.63, 3.8) is 0 Å². The molecule has 4 rings (SSSR count). The van der Waals surface area contributed by atoms with Crippen molar-refractivity contribution >= 4 is 21.9 Å². The fourth-order valence-corrected chi connectivity index (χ4v) is 3.30. The van der Waals surface area contributed by atoms with Crippen LogP contribution in [-0.4, -0.2) is 28.4 Å². The highest BCUT2D eigenvalue weighted by molar-refractivity contribution is 6.07. The fourth-order valence-electron chi connectivity index (χ4n) is 3.30. The number of rotatable bonds is 5. The van der Waals surface area contributed by atoms with Crippen molar-refractivity contribution in [3.05, 3.63) is 46.8 Å². The molecule has 0 saturated carbocycles. The predicted octanol–water partition coefficient (Wildman–Crippen LogP) is 4.24. The first kappa shape index (κ1) is 17.8. The summed E-state index contributed by atoms with van der Waals surface area (Å²) in [6.45, 7) is 0. The summed E-state index contributed by atoms with van der Waals surface area (Å²) in [5, 5.41) is 0.926. The highest BCUT2D eigenvalue weighted by atomic mass is 16.5. The lowest BCUT2D eigenvalue weighted by Gasteiger charge is -2.12. The lowest BCUT2D eigenvalue weighted by Crippen LogP contribution is -2.04. The third kappa shape index (κ3) is 2.55. The molecular weight excluding hydrogens is 364 g/mol. The Morgan fingerprint density at radius 3 is 2.21 bits per heavy atom. The average molecular weight is 382 g/mol. The van der Waals surface area contributed by atoms with Crippen molar-refractivity contribution in [3.8, 4) is 34.3 Å². The zero-order valence-corrected chi connectivity index (χ0v) is 15.8. The molecule has 0 N–H and O–H groups in total. The number of fused-ring (bicyclic) bond motifs is 2. The first-order valence-corrected chi connectivity index (χ1v) is 8.44. The first-order valence-electron chi connectivity index (χ1n) is 8.44. The maximum Gasteiger partial charge on any atom is 0.206 e. The van der Waals surface area contributed by atoms with Gasteiger partial charge in [0.25, 0.3) is 0 Å². The normalized spacial score (nSPS) is 11.0. The third-order valence-corrected chi connectivity index (χ3v) is 4.57. The smallest absolute Gasteiger partial charge is 0.206 e. The molecule has 0 aliphatic carbocycles. The van der Waals surface area contributed by atoms with Crippen LogP contribution in [0.15, 0.2) is 50.2 Å². The van der Waals surface area contributed by atoms with E-state index in [1.165, 1.54) is 26.5 Å². The van der Waals surface area contributed by atoms with Crippen molar-refractivity contribution in [1.82, 2.24) is 0 Å². The van der Waals surface area contributed by atoms with Crippen LogP contribution in [0.25, 0.3) is 33.3 Å². The summed E-state index contributed by atoms with van der Waals surface area (Å²) in [6.07, 6.45) is 1.51. The topological polar surface area (TPSA) is 80.3 Å². The van der Waals surface area contributed by atoms with Gasteiger partial charge in [-0.2, -0.15) is 0 Å². The molecule has 2 heterocycles. The van der Waals surface area contributed by atoms with Crippen LogP contribution in [0.5, 0.6) is 23.0 Å². The number of furan rings is 1. The number of ether oxygens (including phenoxy) is 4. The largest absolute Gasteiger partial charge is 0.495 e. The minimum absolute atomic E-state index is 0.249. The lowest BCUT2D eigenvalue weighted by molar-refractivity contribution is 0.355. The van der Waals surface area contributed by atoms with Crippen molar-refractivity contribution in [1.29, 1.82) is 0 Å². The van der Waals surface area contributed by atoms with Crippen LogP contribution in [0.2, 0.25) is 0 Å². The minimum atomic E-state index is -0.260. The highest BCUT2D eigenvalue weighted by Gasteiger charge is 2.23. The molecule has 4 aromatic rings. The summed E-state index contributed by atoms with van der Waals surface area (Å²) >= 11 is 0. The fraction of sp³-hybridized carbons (Fsp3) is 0.190. The molecule has 7 heteroatoms. The van der Waals surface area contributed by atoms with Crippen LogP contribution < -0.4 is 24.4 Å². The Bertz CT molecular complexity index is 1230. The van der Waals surface area contributed by atoms with E-state index in [9.17, 15) is 4.79 Å². The van der Waals surface area contributed by atoms with E-state index in [1.807, 2.05) is 0 Å². The molecule has 0 amide bonds. The molecule has 2 aromatic heterocycles. The summed E-state index contributed by atoms with van der Waals surface area (Å²) in [4.78, 5) is 13.0. The first-order chi connectivity index (χ1) is 13.6. The van der Waals surface area contributed by atoms with E-state index < -0.39 is 0 Å².